The molecule has 0 unspecified atom stereocenters. The van der Waals surface area contributed by atoms with Crippen molar-refractivity contribution < 1.29 is 0 Å². The van der Waals surface area contributed by atoms with Crippen LogP contribution in [0.3, 0.4) is 0 Å². The molecule has 0 aliphatic heterocycles. The molecule has 1 saturated carbocycles. The van der Waals surface area contributed by atoms with Crippen LogP contribution >= 0.6 is 0 Å². The first-order chi connectivity index (χ1) is 8.24. The summed E-state index contributed by atoms with van der Waals surface area (Å²) >= 11 is 0. The predicted octanol–water partition coefficient (Wildman–Crippen LogP) is 3.03. The highest BCUT2D eigenvalue weighted by molar-refractivity contribution is 5.47. The molecule has 1 heterocycles. The lowest BCUT2D eigenvalue weighted by atomic mass is 10.2. The van der Waals surface area contributed by atoms with Crippen LogP contribution in [-0.2, 0) is 0 Å². The van der Waals surface area contributed by atoms with Crippen molar-refractivity contribution >= 4 is 5.82 Å². The molecule has 0 N–H and O–H groups in total. The lowest BCUT2D eigenvalue weighted by Gasteiger charge is -2.29. The van der Waals surface area contributed by atoms with Gasteiger partial charge in [0.05, 0.1) is 11.6 Å². The molecule has 0 radical (unpaired) electrons. The molecule has 17 heavy (non-hydrogen) atoms. The van der Waals surface area contributed by atoms with Gasteiger partial charge < -0.3 is 4.90 Å². The summed E-state index contributed by atoms with van der Waals surface area (Å²) < 4.78 is 0. The highest BCUT2D eigenvalue weighted by atomic mass is 15.2. The lowest BCUT2D eigenvalue weighted by molar-refractivity contribution is 0.612. The number of aryl methyl sites for hydroxylation is 1. The van der Waals surface area contributed by atoms with E-state index in [2.05, 4.69) is 22.9 Å². The Kier molecular flexibility index (Phi) is 3.63. The second-order valence-corrected chi connectivity index (χ2v) is 4.69. The topological polar surface area (TPSA) is 39.9 Å². The fourth-order valence-corrected chi connectivity index (χ4v) is 2.69. The van der Waals surface area contributed by atoms with E-state index < -0.39 is 0 Å². The zero-order valence-electron chi connectivity index (χ0n) is 10.6. The van der Waals surface area contributed by atoms with Crippen LogP contribution in [0.4, 0.5) is 5.82 Å². The Morgan fingerprint density at radius 1 is 1.41 bits per heavy atom. The van der Waals surface area contributed by atoms with Crippen LogP contribution in [0.25, 0.3) is 0 Å². The van der Waals surface area contributed by atoms with Crippen molar-refractivity contribution in [3.8, 4) is 6.07 Å². The average molecular weight is 229 g/mol. The Labute approximate surface area is 103 Å². The van der Waals surface area contributed by atoms with E-state index in [0.717, 1.165) is 18.1 Å². The Bertz CT molecular complexity index is 428. The second kappa shape index (κ2) is 5.18. The quantitative estimate of drug-likeness (QED) is 0.799. The number of aromatic nitrogens is 1. The summed E-state index contributed by atoms with van der Waals surface area (Å²) in [5.41, 5.74) is 1.64. The monoisotopic (exact) mass is 229 g/mol. The maximum absolute atomic E-state index is 9.01. The van der Waals surface area contributed by atoms with Crippen LogP contribution in [0.2, 0.25) is 0 Å². The standard InChI is InChI=1S/C14H19N3/c1-3-17(13-6-4-5-7-13)14-9-12(10-15)8-11(2)16-14/h8-9,13H,3-7H2,1-2H3. The van der Waals surface area contributed by atoms with Crippen LogP contribution in [0, 0.1) is 18.3 Å². The van der Waals surface area contributed by atoms with E-state index in [1.165, 1.54) is 25.7 Å². The molecule has 0 spiro atoms. The zero-order valence-corrected chi connectivity index (χ0v) is 10.6. The van der Waals surface area contributed by atoms with E-state index in [-0.39, 0.29) is 0 Å². The van der Waals surface area contributed by atoms with Crippen molar-refractivity contribution in [1.82, 2.24) is 4.98 Å². The van der Waals surface area contributed by atoms with Crippen molar-refractivity contribution in [2.75, 3.05) is 11.4 Å². The lowest BCUT2D eigenvalue weighted by Crippen LogP contribution is -2.33. The number of rotatable bonds is 3. The van der Waals surface area contributed by atoms with Crippen molar-refractivity contribution in [3.63, 3.8) is 0 Å². The van der Waals surface area contributed by atoms with Gasteiger partial charge in [0, 0.05) is 18.3 Å². The molecule has 0 amide bonds. The molecule has 3 heteroatoms. The van der Waals surface area contributed by atoms with Crippen molar-refractivity contribution in [1.29, 1.82) is 5.26 Å². The van der Waals surface area contributed by atoms with E-state index >= 15 is 0 Å². The molecular weight excluding hydrogens is 210 g/mol. The Morgan fingerprint density at radius 3 is 2.71 bits per heavy atom. The summed E-state index contributed by atoms with van der Waals surface area (Å²) in [5, 5.41) is 9.01. The number of nitrogens with zero attached hydrogens (tertiary/aromatic N) is 3. The first-order valence-electron chi connectivity index (χ1n) is 6.40. The summed E-state index contributed by atoms with van der Waals surface area (Å²) in [7, 11) is 0. The third-order valence-corrected chi connectivity index (χ3v) is 3.47. The van der Waals surface area contributed by atoms with Crippen LogP contribution in [0.1, 0.15) is 43.9 Å². The normalized spacial score (nSPS) is 15.8. The van der Waals surface area contributed by atoms with Gasteiger partial charge in [0.15, 0.2) is 0 Å². The van der Waals surface area contributed by atoms with Crippen LogP contribution in [0.15, 0.2) is 12.1 Å². The second-order valence-electron chi connectivity index (χ2n) is 4.69. The van der Waals surface area contributed by atoms with Crippen molar-refractivity contribution in [3.05, 3.63) is 23.4 Å². The van der Waals surface area contributed by atoms with E-state index in [1.807, 2.05) is 19.1 Å². The fraction of sp³-hybridized carbons (Fsp3) is 0.571. The van der Waals surface area contributed by atoms with E-state index in [1.54, 1.807) is 0 Å². The van der Waals surface area contributed by atoms with Crippen molar-refractivity contribution in [2.45, 2.75) is 45.6 Å². The molecule has 0 saturated heterocycles. The van der Waals surface area contributed by atoms with Gasteiger partial charge in [-0.15, -0.1) is 0 Å². The number of pyridine rings is 1. The van der Waals surface area contributed by atoms with Crippen LogP contribution in [0.5, 0.6) is 0 Å². The maximum atomic E-state index is 9.01. The van der Waals surface area contributed by atoms with E-state index in [9.17, 15) is 0 Å². The highest BCUT2D eigenvalue weighted by Gasteiger charge is 2.22. The van der Waals surface area contributed by atoms with Gasteiger partial charge in [-0.2, -0.15) is 5.26 Å². The minimum absolute atomic E-state index is 0.612. The molecular formula is C14H19N3. The molecule has 1 aromatic rings. The smallest absolute Gasteiger partial charge is 0.130 e. The van der Waals surface area contributed by atoms with Gasteiger partial charge in [-0.05, 0) is 38.8 Å². The zero-order chi connectivity index (χ0) is 12.3. The number of hydrogen-bond donors (Lipinski definition) is 0. The summed E-state index contributed by atoms with van der Waals surface area (Å²) in [5.74, 6) is 0.968. The Balaban J connectivity index is 2.30. The number of anilines is 1. The molecule has 0 atom stereocenters. The van der Waals surface area contributed by atoms with Crippen molar-refractivity contribution in [2.24, 2.45) is 0 Å². The van der Waals surface area contributed by atoms with Gasteiger partial charge in [-0.1, -0.05) is 12.8 Å². The Morgan fingerprint density at radius 2 is 2.12 bits per heavy atom. The SMILES string of the molecule is CCN(c1cc(C#N)cc(C)n1)C1CCCC1. The minimum atomic E-state index is 0.612. The summed E-state index contributed by atoms with van der Waals surface area (Å²) in [6.45, 7) is 5.08. The number of nitriles is 1. The third kappa shape index (κ3) is 2.58. The molecule has 90 valence electrons. The molecule has 0 aromatic carbocycles. The first-order valence-corrected chi connectivity index (χ1v) is 6.40. The molecule has 2 rings (SSSR count). The fourth-order valence-electron chi connectivity index (χ4n) is 2.69. The van der Waals surface area contributed by atoms with Gasteiger partial charge in [0.25, 0.3) is 0 Å². The van der Waals surface area contributed by atoms with Gasteiger partial charge in [0.2, 0.25) is 0 Å². The molecule has 1 aliphatic carbocycles. The maximum Gasteiger partial charge on any atom is 0.130 e. The van der Waals surface area contributed by atoms with Crippen LogP contribution in [-0.4, -0.2) is 17.6 Å². The summed E-state index contributed by atoms with van der Waals surface area (Å²) in [4.78, 5) is 6.92. The summed E-state index contributed by atoms with van der Waals surface area (Å²) in [6.07, 6.45) is 5.15. The van der Waals surface area contributed by atoms with Gasteiger partial charge >= 0.3 is 0 Å². The minimum Gasteiger partial charge on any atom is -0.354 e. The molecule has 1 aliphatic rings. The average Bonchev–Trinajstić information content (AvgIpc) is 2.83. The van der Waals surface area contributed by atoms with Gasteiger partial charge in [-0.25, -0.2) is 4.98 Å². The molecule has 1 fully saturated rings. The van der Waals surface area contributed by atoms with Gasteiger partial charge in [-0.3, -0.25) is 0 Å². The van der Waals surface area contributed by atoms with E-state index in [0.29, 0.717) is 11.6 Å². The number of hydrogen-bond acceptors (Lipinski definition) is 3. The van der Waals surface area contributed by atoms with Gasteiger partial charge in [0.1, 0.15) is 5.82 Å². The Hall–Kier alpha value is -1.56. The summed E-state index contributed by atoms with van der Waals surface area (Å²) in [6, 6.07) is 6.57. The van der Waals surface area contributed by atoms with E-state index in [4.69, 9.17) is 5.26 Å². The van der Waals surface area contributed by atoms with Crippen LogP contribution < -0.4 is 4.90 Å². The largest absolute Gasteiger partial charge is 0.354 e. The first kappa shape index (κ1) is 11.9. The molecule has 0 bridgehead atoms. The molecule has 1 aromatic heterocycles. The third-order valence-electron chi connectivity index (χ3n) is 3.47. The highest BCUT2D eigenvalue weighted by Crippen LogP contribution is 2.27. The molecule has 3 nitrogen and oxygen atoms in total. The predicted molar refractivity (Wildman–Crippen MR) is 69.0 cm³/mol.